The Morgan fingerprint density at radius 2 is 2.08 bits per heavy atom. The first kappa shape index (κ1) is 17.5. The molecule has 1 fully saturated rings. The first-order valence-corrected chi connectivity index (χ1v) is 8.93. The van der Waals surface area contributed by atoms with Gasteiger partial charge in [0.25, 0.3) is 0 Å². The van der Waals surface area contributed by atoms with Gasteiger partial charge in [-0.25, -0.2) is 4.98 Å². The number of rotatable bonds is 3. The number of nitrogens with zero attached hydrogens (tertiary/aromatic N) is 3. The lowest BCUT2D eigenvalue weighted by Gasteiger charge is -2.21. The Kier molecular flexibility index (Phi) is 5.11. The molecule has 2 aromatic rings. The number of hydrogen-bond acceptors (Lipinski definition) is 3. The number of guanidine groups is 1. The van der Waals surface area contributed by atoms with Crippen LogP contribution >= 0.6 is 0 Å². The summed E-state index contributed by atoms with van der Waals surface area (Å²) < 4.78 is 5.85. The molecule has 1 atom stereocenters. The highest BCUT2D eigenvalue weighted by Gasteiger charge is 2.26. The molecule has 3 rings (SSSR count). The summed E-state index contributed by atoms with van der Waals surface area (Å²) in [4.78, 5) is 11.1. The smallest absolute Gasteiger partial charge is 0.213 e. The van der Waals surface area contributed by atoms with Crippen molar-refractivity contribution < 1.29 is 4.42 Å². The molecule has 0 bridgehead atoms. The Morgan fingerprint density at radius 1 is 1.32 bits per heavy atom. The fourth-order valence-corrected chi connectivity index (χ4v) is 3.18. The van der Waals surface area contributed by atoms with Gasteiger partial charge in [0.2, 0.25) is 5.89 Å². The topological polar surface area (TPSA) is 53.7 Å². The van der Waals surface area contributed by atoms with Crippen molar-refractivity contribution in [2.75, 3.05) is 20.1 Å². The molecular weight excluding hydrogens is 312 g/mol. The maximum Gasteiger partial charge on any atom is 0.213 e. The molecule has 134 valence electrons. The minimum absolute atomic E-state index is 0.0230. The number of oxazole rings is 1. The van der Waals surface area contributed by atoms with E-state index in [4.69, 9.17) is 4.42 Å². The normalized spacial score (nSPS) is 18.6. The molecule has 5 heteroatoms. The summed E-state index contributed by atoms with van der Waals surface area (Å²) in [5.74, 6) is 3.08. The molecule has 1 aromatic carbocycles. The van der Waals surface area contributed by atoms with E-state index >= 15 is 0 Å². The third kappa shape index (κ3) is 4.21. The zero-order chi connectivity index (χ0) is 17.9. The van der Waals surface area contributed by atoms with Gasteiger partial charge in [-0.1, -0.05) is 51.1 Å². The lowest BCUT2D eigenvalue weighted by atomic mass is 9.94. The van der Waals surface area contributed by atoms with Gasteiger partial charge in [0, 0.05) is 31.5 Å². The second-order valence-electron chi connectivity index (χ2n) is 7.61. The van der Waals surface area contributed by atoms with Gasteiger partial charge in [-0.2, -0.15) is 0 Å². The van der Waals surface area contributed by atoms with Gasteiger partial charge >= 0.3 is 0 Å². The van der Waals surface area contributed by atoms with E-state index in [0.717, 1.165) is 31.2 Å². The van der Waals surface area contributed by atoms with Crippen molar-refractivity contribution in [3.8, 4) is 0 Å². The van der Waals surface area contributed by atoms with Crippen molar-refractivity contribution in [3.63, 3.8) is 0 Å². The zero-order valence-electron chi connectivity index (χ0n) is 15.6. The van der Waals surface area contributed by atoms with Gasteiger partial charge < -0.3 is 14.6 Å². The van der Waals surface area contributed by atoms with Gasteiger partial charge in [-0.3, -0.25) is 4.99 Å². The van der Waals surface area contributed by atoms with Crippen molar-refractivity contribution in [2.45, 2.75) is 45.1 Å². The van der Waals surface area contributed by atoms with E-state index in [-0.39, 0.29) is 5.41 Å². The number of nitrogens with one attached hydrogen (secondary N) is 1. The maximum atomic E-state index is 5.85. The van der Waals surface area contributed by atoms with E-state index < -0.39 is 0 Å². The van der Waals surface area contributed by atoms with Crippen LogP contribution in [0.2, 0.25) is 0 Å². The number of hydrogen-bond donors (Lipinski definition) is 1. The monoisotopic (exact) mass is 340 g/mol. The predicted molar refractivity (Wildman–Crippen MR) is 101 cm³/mol. The Bertz CT molecular complexity index is 715. The van der Waals surface area contributed by atoms with Crippen LogP contribution in [0, 0.1) is 0 Å². The summed E-state index contributed by atoms with van der Waals surface area (Å²) in [6.45, 7) is 8.92. The molecule has 0 spiro atoms. The second kappa shape index (κ2) is 7.30. The van der Waals surface area contributed by atoms with Crippen molar-refractivity contribution in [2.24, 2.45) is 4.99 Å². The Hall–Kier alpha value is -2.30. The Labute approximate surface area is 150 Å². The summed E-state index contributed by atoms with van der Waals surface area (Å²) >= 11 is 0. The van der Waals surface area contributed by atoms with Crippen molar-refractivity contribution >= 4 is 5.96 Å². The highest BCUT2D eigenvalue weighted by molar-refractivity contribution is 5.80. The average Bonchev–Trinajstić information content (AvgIpc) is 3.25. The van der Waals surface area contributed by atoms with Crippen LogP contribution in [-0.2, 0) is 12.0 Å². The van der Waals surface area contributed by atoms with Gasteiger partial charge in [0.1, 0.15) is 5.76 Å². The first-order valence-electron chi connectivity index (χ1n) is 8.93. The first-order chi connectivity index (χ1) is 12.0. The molecule has 1 aliphatic heterocycles. The van der Waals surface area contributed by atoms with Crippen molar-refractivity contribution in [1.29, 1.82) is 0 Å². The summed E-state index contributed by atoms with van der Waals surface area (Å²) in [7, 11) is 1.83. The highest BCUT2D eigenvalue weighted by Crippen LogP contribution is 2.27. The van der Waals surface area contributed by atoms with E-state index in [1.807, 2.05) is 13.2 Å². The van der Waals surface area contributed by atoms with Crippen LogP contribution in [0.15, 0.2) is 45.9 Å². The van der Waals surface area contributed by atoms with Crippen molar-refractivity contribution in [1.82, 2.24) is 15.2 Å². The molecule has 0 saturated carbocycles. The fourth-order valence-electron chi connectivity index (χ4n) is 3.18. The van der Waals surface area contributed by atoms with Crippen LogP contribution in [0.4, 0.5) is 0 Å². The van der Waals surface area contributed by atoms with Gasteiger partial charge in [-0.15, -0.1) is 0 Å². The van der Waals surface area contributed by atoms with Crippen LogP contribution in [-0.4, -0.2) is 36.0 Å². The molecular formula is C20H28N4O. The van der Waals surface area contributed by atoms with Crippen LogP contribution < -0.4 is 5.32 Å². The lowest BCUT2D eigenvalue weighted by Crippen LogP contribution is -2.39. The molecule has 1 aliphatic rings. The van der Waals surface area contributed by atoms with Crippen LogP contribution in [0.5, 0.6) is 0 Å². The Morgan fingerprint density at radius 3 is 2.72 bits per heavy atom. The predicted octanol–water partition coefficient (Wildman–Crippen LogP) is 3.54. The van der Waals surface area contributed by atoms with E-state index in [1.54, 1.807) is 0 Å². The molecule has 1 unspecified atom stereocenters. The van der Waals surface area contributed by atoms with E-state index in [9.17, 15) is 0 Å². The minimum Gasteiger partial charge on any atom is -0.443 e. The fraction of sp³-hybridized carbons (Fsp3) is 0.500. The molecule has 1 aromatic heterocycles. The summed E-state index contributed by atoms with van der Waals surface area (Å²) in [6, 6.07) is 10.7. The largest absolute Gasteiger partial charge is 0.443 e. The van der Waals surface area contributed by atoms with E-state index in [1.165, 1.54) is 5.56 Å². The SMILES string of the molecule is CN=C(NCc1ncc(C(C)(C)C)o1)N1CCC(c2ccccc2)C1. The van der Waals surface area contributed by atoms with E-state index in [0.29, 0.717) is 18.4 Å². The number of aromatic nitrogens is 1. The van der Waals surface area contributed by atoms with Crippen molar-refractivity contribution in [3.05, 3.63) is 53.7 Å². The number of likely N-dealkylation sites (tertiary alicyclic amines) is 1. The zero-order valence-corrected chi connectivity index (χ0v) is 15.6. The van der Waals surface area contributed by atoms with Gasteiger partial charge in [0.05, 0.1) is 12.7 Å². The quantitative estimate of drug-likeness (QED) is 0.686. The van der Waals surface area contributed by atoms with Gasteiger partial charge in [-0.05, 0) is 12.0 Å². The molecule has 1 N–H and O–H groups in total. The van der Waals surface area contributed by atoms with Crippen LogP contribution in [0.1, 0.15) is 50.3 Å². The van der Waals surface area contributed by atoms with E-state index in [2.05, 4.69) is 71.3 Å². The number of benzene rings is 1. The molecule has 0 radical (unpaired) electrons. The van der Waals surface area contributed by atoms with Crippen LogP contribution in [0.3, 0.4) is 0 Å². The van der Waals surface area contributed by atoms with Crippen LogP contribution in [0.25, 0.3) is 0 Å². The molecule has 25 heavy (non-hydrogen) atoms. The third-order valence-electron chi connectivity index (χ3n) is 4.66. The standard InChI is InChI=1S/C20H28N4O/c1-20(2,3)17-12-22-18(25-17)13-23-19(21-4)24-11-10-16(14-24)15-8-6-5-7-9-15/h5-9,12,16H,10-11,13-14H2,1-4H3,(H,21,23). The molecule has 5 nitrogen and oxygen atoms in total. The second-order valence-corrected chi connectivity index (χ2v) is 7.61. The molecule has 0 amide bonds. The molecule has 2 heterocycles. The van der Waals surface area contributed by atoms with Gasteiger partial charge in [0.15, 0.2) is 5.96 Å². The third-order valence-corrected chi connectivity index (χ3v) is 4.66. The molecule has 0 aliphatic carbocycles. The average molecular weight is 340 g/mol. The number of aliphatic imine (C=N–C) groups is 1. The summed E-state index contributed by atoms with van der Waals surface area (Å²) in [5.41, 5.74) is 1.38. The Balaban J connectivity index is 1.58. The summed E-state index contributed by atoms with van der Waals surface area (Å²) in [5, 5.41) is 3.38. The maximum absolute atomic E-state index is 5.85. The lowest BCUT2D eigenvalue weighted by molar-refractivity contribution is 0.377. The highest BCUT2D eigenvalue weighted by atomic mass is 16.4. The minimum atomic E-state index is -0.0230. The summed E-state index contributed by atoms with van der Waals surface area (Å²) in [6.07, 6.45) is 2.97. The molecule has 1 saturated heterocycles.